The summed E-state index contributed by atoms with van der Waals surface area (Å²) in [6.45, 7) is 4.37. The number of carbonyl (C=O) groups excluding carboxylic acids is 5. The van der Waals surface area contributed by atoms with Crippen LogP contribution in [0.15, 0.2) is 84.9 Å². The molecule has 0 fully saturated rings. The second kappa shape index (κ2) is 21.1. The normalized spacial score (nSPS) is 16.9. The Labute approximate surface area is 349 Å². The van der Waals surface area contributed by atoms with Crippen molar-refractivity contribution in [1.82, 2.24) is 26.3 Å². The van der Waals surface area contributed by atoms with Crippen molar-refractivity contribution in [3.8, 4) is 33.8 Å². The van der Waals surface area contributed by atoms with Gasteiger partial charge in [-0.15, -0.1) is 0 Å². The van der Waals surface area contributed by atoms with E-state index >= 15 is 0 Å². The highest BCUT2D eigenvalue weighted by atomic mass is 16.5. The third kappa shape index (κ3) is 11.0. The highest BCUT2D eigenvalue weighted by Gasteiger charge is 2.36. The number of nitrogens with two attached hydrogens (primary N) is 3. The number of aryl methyl sites for hydroxylation is 1. The monoisotopic (exact) mass is 822 g/mol. The number of benzene rings is 4. The van der Waals surface area contributed by atoms with E-state index in [9.17, 15) is 29.2 Å². The smallest absolute Gasteiger partial charge is 0.266 e. The van der Waals surface area contributed by atoms with Crippen molar-refractivity contribution in [1.29, 1.82) is 0 Å². The Morgan fingerprint density at radius 2 is 1.42 bits per heavy atom. The Bertz CT molecular complexity index is 2150. The van der Waals surface area contributed by atoms with Gasteiger partial charge in [-0.1, -0.05) is 54.1 Å². The van der Waals surface area contributed by atoms with Crippen molar-refractivity contribution in [2.45, 2.75) is 57.3 Å². The molecule has 0 aliphatic carbocycles. The van der Waals surface area contributed by atoms with Crippen LogP contribution in [0.4, 0.5) is 0 Å². The molecule has 60 heavy (non-hydrogen) atoms. The van der Waals surface area contributed by atoms with Crippen LogP contribution in [0.1, 0.15) is 52.9 Å². The van der Waals surface area contributed by atoms with E-state index in [1.807, 2.05) is 43.3 Å². The molecule has 16 nitrogen and oxygen atoms in total. The molecule has 0 unspecified atom stereocenters. The van der Waals surface area contributed by atoms with E-state index < -0.39 is 53.7 Å². The lowest BCUT2D eigenvalue weighted by molar-refractivity contribution is -0.142. The van der Waals surface area contributed by atoms with Gasteiger partial charge in [-0.05, 0) is 91.9 Å². The topological polar surface area (TPSA) is 253 Å². The highest BCUT2D eigenvalue weighted by Crippen LogP contribution is 2.40. The third-order valence-corrected chi connectivity index (χ3v) is 10.2. The minimum Gasteiger partial charge on any atom is -0.492 e. The maximum Gasteiger partial charge on any atom is 0.266 e. The lowest BCUT2D eigenvalue weighted by Gasteiger charge is -2.32. The maximum absolute atomic E-state index is 14.6. The summed E-state index contributed by atoms with van der Waals surface area (Å²) in [6.07, 6.45) is 0.501. The van der Waals surface area contributed by atoms with Crippen LogP contribution in [0.3, 0.4) is 0 Å². The number of carbonyl (C=O) groups is 5. The number of fused-ring (bicyclic) bond motifs is 5. The SMILES string of the molecule is Cc1ccc(-c2ccc(C(=O)N[C@@H](CCCN)C(=O)N(C)[C@@H]3C(=O)N[C@@H](C)C(=O)N[C@H](C(=O)NO)Cc4ccc(OCCN)c(c4)-c4cc3ccc4OCCN)cc2)cc1. The second-order valence-corrected chi connectivity index (χ2v) is 14.6. The van der Waals surface area contributed by atoms with Crippen LogP contribution >= 0.6 is 0 Å². The van der Waals surface area contributed by atoms with E-state index in [1.54, 1.807) is 54.0 Å². The summed E-state index contributed by atoms with van der Waals surface area (Å²) in [5.74, 6) is -2.66. The van der Waals surface area contributed by atoms with Crippen molar-refractivity contribution in [3.05, 3.63) is 107 Å². The number of nitrogens with zero attached hydrogens (tertiary/aromatic N) is 1. The first kappa shape index (κ1) is 44.8. The largest absolute Gasteiger partial charge is 0.492 e. The molecule has 0 saturated carbocycles. The molecule has 5 rings (SSSR count). The molecule has 1 aliphatic heterocycles. The van der Waals surface area contributed by atoms with E-state index in [0.717, 1.165) is 16.7 Å². The Kier molecular flexibility index (Phi) is 15.7. The van der Waals surface area contributed by atoms with Crippen LogP contribution in [-0.2, 0) is 25.6 Å². The van der Waals surface area contributed by atoms with Crippen LogP contribution in [0.5, 0.6) is 11.5 Å². The van der Waals surface area contributed by atoms with Gasteiger partial charge >= 0.3 is 0 Å². The number of nitrogens with one attached hydrogen (secondary N) is 4. The minimum absolute atomic E-state index is 0.0473. The molecule has 4 atom stereocenters. The van der Waals surface area contributed by atoms with Gasteiger partial charge in [-0.25, -0.2) is 5.48 Å². The third-order valence-electron chi connectivity index (χ3n) is 10.2. The summed E-state index contributed by atoms with van der Waals surface area (Å²) in [6, 6.07) is 20.2. The maximum atomic E-state index is 14.6. The molecule has 5 amide bonds. The number of rotatable bonds is 15. The zero-order valence-electron chi connectivity index (χ0n) is 34.0. The van der Waals surface area contributed by atoms with Crippen LogP contribution in [0, 0.1) is 6.92 Å². The Hall–Kier alpha value is -6.33. The van der Waals surface area contributed by atoms with Gasteiger partial charge in [0.05, 0.1) is 0 Å². The van der Waals surface area contributed by atoms with Gasteiger partial charge in [-0.2, -0.15) is 0 Å². The molecule has 0 aromatic heterocycles. The van der Waals surface area contributed by atoms with Gasteiger partial charge in [0.2, 0.25) is 17.7 Å². The number of hydroxylamine groups is 1. The molecule has 11 N–H and O–H groups in total. The van der Waals surface area contributed by atoms with Crippen molar-refractivity contribution < 1.29 is 38.7 Å². The molecule has 1 heterocycles. The molecular weight excluding hydrogens is 769 g/mol. The van der Waals surface area contributed by atoms with Gasteiger partial charge in [0.15, 0.2) is 0 Å². The predicted octanol–water partition coefficient (Wildman–Crippen LogP) is 2.09. The molecular formula is C44H54N8O8. The quantitative estimate of drug-likeness (QED) is 0.0637. The average Bonchev–Trinajstić information content (AvgIpc) is 3.25. The summed E-state index contributed by atoms with van der Waals surface area (Å²) < 4.78 is 12.1. The number of amides is 5. The van der Waals surface area contributed by atoms with Gasteiger partial charge in [0.25, 0.3) is 11.8 Å². The highest BCUT2D eigenvalue weighted by molar-refractivity contribution is 5.99. The van der Waals surface area contributed by atoms with Crippen molar-refractivity contribution in [2.75, 3.05) is 39.9 Å². The van der Waals surface area contributed by atoms with Crippen molar-refractivity contribution >= 4 is 29.5 Å². The molecule has 0 spiro atoms. The van der Waals surface area contributed by atoms with Crippen LogP contribution < -0.4 is 48.1 Å². The van der Waals surface area contributed by atoms with Gasteiger partial charge in [-0.3, -0.25) is 29.2 Å². The first-order valence-corrected chi connectivity index (χ1v) is 19.8. The lowest BCUT2D eigenvalue weighted by Crippen LogP contribution is -2.55. The minimum atomic E-state index is -1.36. The van der Waals surface area contributed by atoms with Gasteiger partial charge in [0.1, 0.15) is 48.9 Å². The fourth-order valence-electron chi connectivity index (χ4n) is 6.91. The average molecular weight is 823 g/mol. The molecule has 1 aliphatic rings. The molecule has 0 radical (unpaired) electrons. The van der Waals surface area contributed by atoms with Gasteiger partial charge < -0.3 is 47.5 Å². The first-order valence-electron chi connectivity index (χ1n) is 19.8. The Morgan fingerprint density at radius 3 is 2.02 bits per heavy atom. The molecule has 4 aromatic rings. The predicted molar refractivity (Wildman–Crippen MR) is 226 cm³/mol. The fraction of sp³-hybridized carbons (Fsp3) is 0.341. The number of hydrogen-bond acceptors (Lipinski definition) is 11. The molecule has 16 heteroatoms. The summed E-state index contributed by atoms with van der Waals surface area (Å²) >= 11 is 0. The van der Waals surface area contributed by atoms with E-state index in [0.29, 0.717) is 45.7 Å². The zero-order valence-corrected chi connectivity index (χ0v) is 34.0. The van der Waals surface area contributed by atoms with E-state index in [2.05, 4.69) is 16.0 Å². The first-order chi connectivity index (χ1) is 28.9. The fourth-order valence-corrected chi connectivity index (χ4v) is 6.91. The summed E-state index contributed by atoms with van der Waals surface area (Å²) in [5.41, 5.74) is 24.3. The molecule has 4 bridgehead atoms. The van der Waals surface area contributed by atoms with Crippen LogP contribution in [-0.4, -0.2) is 97.7 Å². The second-order valence-electron chi connectivity index (χ2n) is 14.6. The summed E-state index contributed by atoms with van der Waals surface area (Å²) in [4.78, 5) is 70.3. The number of ether oxygens (including phenoxy) is 2. The van der Waals surface area contributed by atoms with Crippen molar-refractivity contribution in [3.63, 3.8) is 0 Å². The number of likely N-dealkylation sites (N-methyl/N-ethyl adjacent to an activating group) is 1. The van der Waals surface area contributed by atoms with Crippen molar-refractivity contribution in [2.24, 2.45) is 17.2 Å². The summed E-state index contributed by atoms with van der Waals surface area (Å²) in [7, 11) is 1.44. The number of hydrogen-bond donors (Lipinski definition) is 8. The molecule has 4 aromatic carbocycles. The standard InChI is InChI=1S/C44H54N8O8/c1-26-6-9-29(10-7-26)30-11-13-31(14-12-30)41(54)49-35(5-4-18-45)44(57)52(3)39-32-15-17-38(60-22-20-47)34(25-32)33-23-28(8-16-37(33)59-21-19-46)24-36(42(55)51-58)50-40(53)27(2)48-43(39)56/h6-17,23,25,27,35-36,39,58H,4-5,18-22,24,45-47H2,1-3H3,(H,48,56)(H,49,54)(H,50,53)(H,51,55)/t27-,35-,36-,39-/m0/s1. The molecule has 318 valence electrons. The van der Waals surface area contributed by atoms with Crippen LogP contribution in [0.25, 0.3) is 22.3 Å². The lowest BCUT2D eigenvalue weighted by atomic mass is 9.93. The Morgan fingerprint density at radius 1 is 0.817 bits per heavy atom. The van der Waals surface area contributed by atoms with Gasteiger partial charge in [0, 0.05) is 43.2 Å². The zero-order chi connectivity index (χ0) is 43.3. The summed E-state index contributed by atoms with van der Waals surface area (Å²) in [5, 5.41) is 17.7. The van der Waals surface area contributed by atoms with E-state index in [1.165, 1.54) is 18.9 Å². The van der Waals surface area contributed by atoms with E-state index in [4.69, 9.17) is 26.7 Å². The van der Waals surface area contributed by atoms with Crippen LogP contribution in [0.2, 0.25) is 0 Å². The molecule has 0 saturated heterocycles. The Balaban J connectivity index is 1.57. The van der Waals surface area contributed by atoms with E-state index in [-0.39, 0.29) is 45.7 Å².